The lowest BCUT2D eigenvalue weighted by molar-refractivity contribution is 0.102. The van der Waals surface area contributed by atoms with Gasteiger partial charge in [-0.05, 0) is 30.3 Å². The largest absolute Gasteiger partial charge is 0.493 e. The van der Waals surface area contributed by atoms with Gasteiger partial charge in [0.05, 0.1) is 14.2 Å². The van der Waals surface area contributed by atoms with Crippen LogP contribution in [-0.2, 0) is 0 Å². The van der Waals surface area contributed by atoms with E-state index >= 15 is 0 Å². The predicted octanol–water partition coefficient (Wildman–Crippen LogP) is 3.30. The summed E-state index contributed by atoms with van der Waals surface area (Å²) in [5.41, 5.74) is 1.48. The number of hydrogen-bond acceptors (Lipinski definition) is 6. The van der Waals surface area contributed by atoms with Crippen molar-refractivity contribution in [2.24, 2.45) is 0 Å². The van der Waals surface area contributed by atoms with E-state index in [2.05, 4.69) is 10.6 Å². The van der Waals surface area contributed by atoms with Crippen molar-refractivity contribution >= 4 is 17.3 Å². The zero-order valence-electron chi connectivity index (χ0n) is 14.2. The molecule has 1 amide bonds. The van der Waals surface area contributed by atoms with Crippen molar-refractivity contribution in [3.8, 4) is 23.6 Å². The van der Waals surface area contributed by atoms with Crippen LogP contribution < -0.4 is 20.1 Å². The van der Waals surface area contributed by atoms with Crippen molar-refractivity contribution in [3.63, 3.8) is 0 Å². The third kappa shape index (κ3) is 4.53. The fourth-order valence-electron chi connectivity index (χ4n) is 2.11. The van der Waals surface area contributed by atoms with E-state index < -0.39 is 0 Å². The molecule has 7 nitrogen and oxygen atoms in total. The first-order chi connectivity index (χ1) is 12.6. The number of nitrogens with zero attached hydrogens (tertiary/aromatic N) is 2. The van der Waals surface area contributed by atoms with Gasteiger partial charge in [0.25, 0.3) is 5.91 Å². The molecule has 0 fully saturated rings. The number of carbonyl (C=O) groups is 1. The van der Waals surface area contributed by atoms with Crippen LogP contribution in [0.2, 0.25) is 0 Å². The van der Waals surface area contributed by atoms with E-state index in [0.717, 1.165) is 0 Å². The van der Waals surface area contributed by atoms with Gasteiger partial charge in [-0.3, -0.25) is 4.79 Å². The van der Waals surface area contributed by atoms with E-state index in [4.69, 9.17) is 20.0 Å². The van der Waals surface area contributed by atoms with Crippen LogP contribution in [-0.4, -0.2) is 20.1 Å². The van der Waals surface area contributed by atoms with E-state index in [0.29, 0.717) is 28.4 Å². The third-order valence-corrected chi connectivity index (χ3v) is 3.39. The number of carbonyl (C=O) groups excluding carboxylic acids is 1. The molecule has 0 aliphatic heterocycles. The van der Waals surface area contributed by atoms with Crippen LogP contribution in [0, 0.1) is 22.7 Å². The van der Waals surface area contributed by atoms with Crippen LogP contribution in [0.1, 0.15) is 10.4 Å². The van der Waals surface area contributed by atoms with Gasteiger partial charge in [-0.25, -0.2) is 0 Å². The highest BCUT2D eigenvalue weighted by molar-refractivity contribution is 6.05. The molecule has 2 N–H and O–H groups in total. The molecule has 7 heteroatoms. The summed E-state index contributed by atoms with van der Waals surface area (Å²) in [6.45, 7) is 0. The number of anilines is 2. The summed E-state index contributed by atoms with van der Waals surface area (Å²) in [6, 6.07) is 15.2. The Morgan fingerprint density at radius 3 is 2.38 bits per heavy atom. The van der Waals surface area contributed by atoms with Crippen molar-refractivity contribution in [1.29, 1.82) is 10.5 Å². The first-order valence-electron chi connectivity index (χ1n) is 7.51. The van der Waals surface area contributed by atoms with Crippen LogP contribution in [0.5, 0.6) is 11.5 Å². The molecule has 2 rings (SSSR count). The van der Waals surface area contributed by atoms with Gasteiger partial charge < -0.3 is 20.1 Å². The smallest absolute Gasteiger partial charge is 0.255 e. The molecule has 130 valence electrons. The first-order valence-corrected chi connectivity index (χ1v) is 7.51. The Kier molecular flexibility index (Phi) is 6.19. The van der Waals surface area contributed by atoms with E-state index in [-0.39, 0.29) is 11.5 Å². The molecular formula is C19H16N4O3. The summed E-state index contributed by atoms with van der Waals surface area (Å²) < 4.78 is 10.4. The molecule has 0 aliphatic carbocycles. The summed E-state index contributed by atoms with van der Waals surface area (Å²) in [5, 5.41) is 23.0. The highest BCUT2D eigenvalue weighted by Gasteiger charge is 2.10. The highest BCUT2D eigenvalue weighted by atomic mass is 16.5. The monoisotopic (exact) mass is 348 g/mol. The van der Waals surface area contributed by atoms with Gasteiger partial charge in [-0.2, -0.15) is 10.5 Å². The molecule has 0 bridgehead atoms. The minimum Gasteiger partial charge on any atom is -0.493 e. The Hall–Kier alpha value is -3.97. The number of ether oxygens (including phenoxy) is 2. The number of benzene rings is 2. The quantitative estimate of drug-likeness (QED) is 0.776. The Morgan fingerprint density at radius 1 is 1.00 bits per heavy atom. The molecule has 0 aromatic heterocycles. The second-order valence-electron chi connectivity index (χ2n) is 5.03. The topological polar surface area (TPSA) is 107 Å². The number of amides is 1. The minimum atomic E-state index is -0.314. The average Bonchev–Trinajstić information content (AvgIpc) is 2.68. The average molecular weight is 348 g/mol. The van der Waals surface area contributed by atoms with Gasteiger partial charge >= 0.3 is 0 Å². The van der Waals surface area contributed by atoms with Gasteiger partial charge in [-0.1, -0.05) is 6.07 Å². The minimum absolute atomic E-state index is 0.0646. The lowest BCUT2D eigenvalue weighted by Crippen LogP contribution is -2.12. The van der Waals surface area contributed by atoms with Crippen molar-refractivity contribution < 1.29 is 14.3 Å². The maximum atomic E-state index is 12.4. The summed E-state index contributed by atoms with van der Waals surface area (Å²) in [6.07, 6.45) is 1.28. The van der Waals surface area contributed by atoms with E-state index in [1.54, 1.807) is 54.6 Å². The number of nitriles is 2. The molecule has 0 saturated carbocycles. The standard InChI is InChI=1S/C19H16N4O3/c1-25-17-7-6-16(9-18(17)26-2)23-19(24)14-4-3-5-15(8-14)22-12-13(10-20)11-21/h3-9,12,22H,1-2H3,(H,23,24). The molecule has 2 aromatic rings. The number of methoxy groups -OCH3 is 2. The number of allylic oxidation sites excluding steroid dienone is 1. The summed E-state index contributed by atoms with van der Waals surface area (Å²) in [4.78, 5) is 12.4. The van der Waals surface area contributed by atoms with E-state index in [1.165, 1.54) is 20.4 Å². The summed E-state index contributed by atoms with van der Waals surface area (Å²) >= 11 is 0. The molecule has 2 aromatic carbocycles. The van der Waals surface area contributed by atoms with Gasteiger partial charge in [0, 0.05) is 29.2 Å². The molecule has 26 heavy (non-hydrogen) atoms. The van der Waals surface area contributed by atoms with Crippen LogP contribution in [0.15, 0.2) is 54.2 Å². The van der Waals surface area contributed by atoms with Crippen LogP contribution in [0.3, 0.4) is 0 Å². The molecule has 0 spiro atoms. The van der Waals surface area contributed by atoms with Crippen molar-refractivity contribution in [2.75, 3.05) is 24.9 Å². The fourth-order valence-corrected chi connectivity index (χ4v) is 2.11. The molecule has 0 aliphatic rings. The molecular weight excluding hydrogens is 332 g/mol. The van der Waals surface area contributed by atoms with Crippen molar-refractivity contribution in [1.82, 2.24) is 0 Å². The lowest BCUT2D eigenvalue weighted by Gasteiger charge is -2.11. The summed E-state index contributed by atoms with van der Waals surface area (Å²) in [7, 11) is 3.05. The maximum absolute atomic E-state index is 12.4. The zero-order chi connectivity index (χ0) is 18.9. The molecule has 0 unspecified atom stereocenters. The van der Waals surface area contributed by atoms with Crippen LogP contribution in [0.25, 0.3) is 0 Å². The third-order valence-electron chi connectivity index (χ3n) is 3.39. The fraction of sp³-hybridized carbons (Fsp3) is 0.105. The Bertz CT molecular complexity index is 907. The van der Waals surface area contributed by atoms with Crippen LogP contribution >= 0.6 is 0 Å². The molecule has 0 saturated heterocycles. The second kappa shape index (κ2) is 8.76. The van der Waals surface area contributed by atoms with Crippen molar-refractivity contribution in [3.05, 3.63) is 59.8 Å². The van der Waals surface area contributed by atoms with Gasteiger partial charge in [0.1, 0.15) is 17.7 Å². The predicted molar refractivity (Wildman–Crippen MR) is 96.9 cm³/mol. The number of nitrogens with one attached hydrogen (secondary N) is 2. The molecule has 0 atom stereocenters. The van der Waals surface area contributed by atoms with Gasteiger partial charge in [0.2, 0.25) is 0 Å². The molecule has 0 radical (unpaired) electrons. The van der Waals surface area contributed by atoms with Gasteiger partial charge in [0.15, 0.2) is 11.5 Å². The Morgan fingerprint density at radius 2 is 1.73 bits per heavy atom. The second-order valence-corrected chi connectivity index (χ2v) is 5.03. The number of hydrogen-bond donors (Lipinski definition) is 2. The Labute approximate surface area is 151 Å². The highest BCUT2D eigenvalue weighted by Crippen LogP contribution is 2.30. The lowest BCUT2D eigenvalue weighted by atomic mass is 10.1. The molecule has 0 heterocycles. The van der Waals surface area contributed by atoms with Crippen molar-refractivity contribution in [2.45, 2.75) is 0 Å². The van der Waals surface area contributed by atoms with E-state index in [9.17, 15) is 4.79 Å². The van der Waals surface area contributed by atoms with Crippen LogP contribution in [0.4, 0.5) is 11.4 Å². The van der Waals surface area contributed by atoms with E-state index in [1.807, 2.05) is 0 Å². The van der Waals surface area contributed by atoms with Gasteiger partial charge in [-0.15, -0.1) is 0 Å². The normalized spacial score (nSPS) is 9.23. The zero-order valence-corrected chi connectivity index (χ0v) is 14.2. The SMILES string of the molecule is COc1ccc(NC(=O)c2cccc(NC=C(C#N)C#N)c2)cc1OC. The number of rotatable bonds is 6. The first kappa shape index (κ1) is 18.4. The maximum Gasteiger partial charge on any atom is 0.255 e. The Balaban J connectivity index is 2.16. The summed E-state index contributed by atoms with van der Waals surface area (Å²) in [5.74, 6) is 0.756.